The van der Waals surface area contributed by atoms with Gasteiger partial charge in [0.05, 0.1) is 6.61 Å². The summed E-state index contributed by atoms with van der Waals surface area (Å²) in [5, 5.41) is 11.2. The molecular formula is C9H16N2O4. The van der Waals surface area contributed by atoms with Crippen LogP contribution in [0.2, 0.25) is 0 Å². The van der Waals surface area contributed by atoms with Gasteiger partial charge in [0.25, 0.3) is 0 Å². The highest BCUT2D eigenvalue weighted by Gasteiger charge is 2.33. The maximum absolute atomic E-state index is 11.5. The molecule has 1 aliphatic rings. The second-order valence-electron chi connectivity index (χ2n) is 3.48. The largest absolute Gasteiger partial charge is 0.480 e. The zero-order chi connectivity index (χ0) is 11.3. The number of carbonyl (C=O) groups excluding carboxylic acids is 1. The van der Waals surface area contributed by atoms with E-state index in [1.807, 2.05) is 0 Å². The summed E-state index contributed by atoms with van der Waals surface area (Å²) < 4.78 is 4.78. The van der Waals surface area contributed by atoms with Crippen molar-refractivity contribution in [2.24, 2.45) is 0 Å². The smallest absolute Gasteiger partial charge is 0.323 e. The number of hydrogen-bond donors (Lipinski definition) is 2. The van der Waals surface area contributed by atoms with Gasteiger partial charge in [-0.3, -0.25) is 4.79 Å². The van der Waals surface area contributed by atoms with Crippen LogP contribution in [0.4, 0.5) is 4.79 Å². The third-order valence-electron chi connectivity index (χ3n) is 2.14. The predicted octanol–water partition coefficient (Wildman–Crippen LogP) is -0.109. The van der Waals surface area contributed by atoms with Crippen molar-refractivity contribution in [3.8, 4) is 0 Å². The molecule has 0 spiro atoms. The molecule has 0 atom stereocenters. The van der Waals surface area contributed by atoms with Gasteiger partial charge in [-0.1, -0.05) is 0 Å². The Morgan fingerprint density at radius 1 is 1.53 bits per heavy atom. The van der Waals surface area contributed by atoms with Crippen molar-refractivity contribution in [2.75, 3.05) is 26.8 Å². The summed E-state index contributed by atoms with van der Waals surface area (Å²) in [4.78, 5) is 23.4. The molecule has 0 heterocycles. The van der Waals surface area contributed by atoms with Crippen LogP contribution < -0.4 is 5.32 Å². The van der Waals surface area contributed by atoms with Gasteiger partial charge in [0, 0.05) is 19.7 Å². The molecule has 2 amide bonds. The first-order valence-corrected chi connectivity index (χ1v) is 4.90. The Balaban J connectivity index is 2.34. The molecule has 1 rings (SSSR count). The fourth-order valence-corrected chi connectivity index (χ4v) is 1.26. The Bertz CT molecular complexity index is 240. The van der Waals surface area contributed by atoms with E-state index in [1.54, 1.807) is 7.11 Å². The van der Waals surface area contributed by atoms with Gasteiger partial charge in [-0.2, -0.15) is 0 Å². The second kappa shape index (κ2) is 5.55. The van der Waals surface area contributed by atoms with E-state index in [0.29, 0.717) is 13.2 Å². The maximum atomic E-state index is 11.5. The SMILES string of the molecule is COCCNC(=O)N(CC(=O)O)C1CC1. The van der Waals surface area contributed by atoms with E-state index < -0.39 is 5.97 Å². The number of nitrogens with one attached hydrogen (secondary N) is 1. The Hall–Kier alpha value is -1.30. The van der Waals surface area contributed by atoms with Gasteiger partial charge in [-0.25, -0.2) is 4.79 Å². The summed E-state index contributed by atoms with van der Waals surface area (Å²) in [6.45, 7) is 0.596. The fraction of sp³-hybridized carbons (Fsp3) is 0.778. The van der Waals surface area contributed by atoms with E-state index in [2.05, 4.69) is 5.32 Å². The number of rotatable bonds is 6. The molecule has 1 aliphatic carbocycles. The molecule has 6 nitrogen and oxygen atoms in total. The highest BCUT2D eigenvalue weighted by Crippen LogP contribution is 2.26. The van der Waals surface area contributed by atoms with E-state index >= 15 is 0 Å². The van der Waals surface area contributed by atoms with Crippen molar-refractivity contribution < 1.29 is 19.4 Å². The van der Waals surface area contributed by atoms with Crippen LogP contribution in [0.15, 0.2) is 0 Å². The fourth-order valence-electron chi connectivity index (χ4n) is 1.26. The minimum absolute atomic E-state index is 0.101. The first-order chi connectivity index (χ1) is 7.15. The third kappa shape index (κ3) is 4.16. The number of nitrogens with zero attached hydrogens (tertiary/aromatic N) is 1. The van der Waals surface area contributed by atoms with Crippen LogP contribution in [-0.4, -0.2) is 54.9 Å². The lowest BCUT2D eigenvalue weighted by Crippen LogP contribution is -2.44. The van der Waals surface area contributed by atoms with Gasteiger partial charge in [0.15, 0.2) is 0 Å². The van der Waals surface area contributed by atoms with Gasteiger partial charge in [0.2, 0.25) is 0 Å². The summed E-state index contributed by atoms with van der Waals surface area (Å²) in [6, 6.07) is -0.222. The molecule has 0 aromatic heterocycles. The van der Waals surface area contributed by atoms with Crippen molar-refractivity contribution in [3.63, 3.8) is 0 Å². The van der Waals surface area contributed by atoms with Crippen molar-refractivity contribution >= 4 is 12.0 Å². The van der Waals surface area contributed by atoms with Crippen molar-refractivity contribution in [1.82, 2.24) is 10.2 Å². The van der Waals surface area contributed by atoms with Gasteiger partial charge in [-0.15, -0.1) is 0 Å². The lowest BCUT2D eigenvalue weighted by Gasteiger charge is -2.20. The van der Waals surface area contributed by atoms with E-state index in [9.17, 15) is 9.59 Å². The number of ether oxygens (including phenoxy) is 1. The van der Waals surface area contributed by atoms with Crippen LogP contribution in [-0.2, 0) is 9.53 Å². The van der Waals surface area contributed by atoms with Crippen LogP contribution in [0.1, 0.15) is 12.8 Å². The molecule has 1 fully saturated rings. The minimum atomic E-state index is -0.983. The maximum Gasteiger partial charge on any atom is 0.323 e. The summed E-state index contributed by atoms with van der Waals surface area (Å²) in [5.41, 5.74) is 0. The zero-order valence-electron chi connectivity index (χ0n) is 8.73. The summed E-state index contributed by atoms with van der Waals surface area (Å²) >= 11 is 0. The molecule has 2 N–H and O–H groups in total. The monoisotopic (exact) mass is 216 g/mol. The van der Waals surface area contributed by atoms with Crippen molar-refractivity contribution in [1.29, 1.82) is 0 Å². The van der Waals surface area contributed by atoms with Crippen LogP contribution in [0.25, 0.3) is 0 Å². The number of methoxy groups -OCH3 is 1. The van der Waals surface area contributed by atoms with Gasteiger partial charge in [0.1, 0.15) is 6.54 Å². The average molecular weight is 216 g/mol. The Morgan fingerprint density at radius 2 is 2.20 bits per heavy atom. The number of carboxylic acid groups (broad SMARTS) is 1. The van der Waals surface area contributed by atoms with Crippen LogP contribution in [0.3, 0.4) is 0 Å². The molecule has 15 heavy (non-hydrogen) atoms. The number of urea groups is 1. The first-order valence-electron chi connectivity index (χ1n) is 4.90. The molecule has 1 saturated carbocycles. The molecule has 0 aromatic rings. The molecule has 0 saturated heterocycles. The standard InChI is InChI=1S/C9H16N2O4/c1-15-5-4-10-9(14)11(6-8(12)13)7-2-3-7/h7H,2-6H2,1H3,(H,10,14)(H,12,13). The zero-order valence-corrected chi connectivity index (χ0v) is 8.73. The molecule has 0 aliphatic heterocycles. The summed E-state index contributed by atoms with van der Waals surface area (Å²) in [7, 11) is 1.54. The molecular weight excluding hydrogens is 200 g/mol. The number of carbonyl (C=O) groups is 2. The quantitative estimate of drug-likeness (QED) is 0.607. The molecule has 6 heteroatoms. The predicted molar refractivity (Wildman–Crippen MR) is 52.6 cm³/mol. The Labute approximate surface area is 88.2 Å². The second-order valence-corrected chi connectivity index (χ2v) is 3.48. The number of aliphatic carboxylic acids is 1. The number of amides is 2. The minimum Gasteiger partial charge on any atom is -0.480 e. The van der Waals surface area contributed by atoms with Gasteiger partial charge in [-0.05, 0) is 12.8 Å². The average Bonchev–Trinajstić information content (AvgIpc) is 2.97. The van der Waals surface area contributed by atoms with Crippen LogP contribution in [0, 0.1) is 0 Å². The Kier molecular flexibility index (Phi) is 4.36. The van der Waals surface area contributed by atoms with Gasteiger partial charge < -0.3 is 20.1 Å². The molecule has 0 radical (unpaired) electrons. The number of hydrogen-bond acceptors (Lipinski definition) is 3. The summed E-state index contributed by atoms with van der Waals surface area (Å²) in [6.07, 6.45) is 1.79. The topological polar surface area (TPSA) is 78.9 Å². The summed E-state index contributed by atoms with van der Waals surface area (Å²) in [5.74, 6) is -0.983. The van der Waals surface area contributed by atoms with Crippen LogP contribution >= 0.6 is 0 Å². The lowest BCUT2D eigenvalue weighted by molar-refractivity contribution is -0.137. The van der Waals surface area contributed by atoms with Crippen molar-refractivity contribution in [2.45, 2.75) is 18.9 Å². The molecule has 86 valence electrons. The normalized spacial score (nSPS) is 14.7. The third-order valence-corrected chi connectivity index (χ3v) is 2.14. The van der Waals surface area contributed by atoms with Crippen LogP contribution in [0.5, 0.6) is 0 Å². The molecule has 0 aromatic carbocycles. The molecule has 0 bridgehead atoms. The number of carboxylic acids is 1. The van der Waals surface area contributed by atoms with Gasteiger partial charge >= 0.3 is 12.0 Å². The van der Waals surface area contributed by atoms with E-state index in [0.717, 1.165) is 12.8 Å². The highest BCUT2D eigenvalue weighted by molar-refractivity contribution is 5.80. The van der Waals surface area contributed by atoms with E-state index in [1.165, 1.54) is 4.90 Å². The van der Waals surface area contributed by atoms with E-state index in [-0.39, 0.29) is 18.6 Å². The van der Waals surface area contributed by atoms with E-state index in [4.69, 9.17) is 9.84 Å². The highest BCUT2D eigenvalue weighted by atomic mass is 16.5. The van der Waals surface area contributed by atoms with Crippen molar-refractivity contribution in [3.05, 3.63) is 0 Å². The molecule has 0 unspecified atom stereocenters. The Morgan fingerprint density at radius 3 is 2.67 bits per heavy atom. The lowest BCUT2D eigenvalue weighted by atomic mass is 10.5. The first kappa shape index (κ1) is 11.8.